The zero-order valence-corrected chi connectivity index (χ0v) is 13.0. The van der Waals surface area contributed by atoms with Crippen molar-refractivity contribution in [3.05, 3.63) is 30.1 Å². The average Bonchev–Trinajstić information content (AvgIpc) is 2.44. The lowest BCUT2D eigenvalue weighted by atomic mass is 10.0. The Morgan fingerprint density at radius 3 is 2.27 bits per heavy atom. The quantitative estimate of drug-likeness (QED) is 0.416. The lowest BCUT2D eigenvalue weighted by Gasteiger charge is -2.21. The maximum Gasteiger partial charge on any atom is 0.312 e. The molecule has 0 aliphatic carbocycles. The Morgan fingerprint density at radius 2 is 1.77 bits per heavy atom. The van der Waals surface area contributed by atoms with Crippen LogP contribution < -0.4 is 27.2 Å². The van der Waals surface area contributed by atoms with Crippen LogP contribution in [0.2, 0.25) is 0 Å². The Bertz CT molecular complexity index is 550. The molecule has 7 nitrogen and oxygen atoms in total. The summed E-state index contributed by atoms with van der Waals surface area (Å²) >= 11 is 4.98. The number of hydrogen-bond donors (Lipinski definition) is 5. The summed E-state index contributed by atoms with van der Waals surface area (Å²) < 4.78 is 12.8. The number of thiocarbonyl (C=S) groups is 1. The van der Waals surface area contributed by atoms with Crippen LogP contribution >= 0.6 is 12.2 Å². The van der Waals surface area contributed by atoms with E-state index in [1.165, 1.54) is 24.3 Å². The molecule has 1 aromatic rings. The number of amides is 3. The predicted octanol–water partition coefficient (Wildman–Crippen LogP) is 0.836. The molecule has 9 heteroatoms. The van der Waals surface area contributed by atoms with Gasteiger partial charge in [-0.1, -0.05) is 13.8 Å². The van der Waals surface area contributed by atoms with Crippen molar-refractivity contribution in [2.75, 3.05) is 5.32 Å². The summed E-state index contributed by atoms with van der Waals surface area (Å²) in [6, 6.07) is 3.96. The highest BCUT2D eigenvalue weighted by atomic mass is 32.1. The molecule has 0 heterocycles. The molecule has 0 radical (unpaired) electrons. The fourth-order valence-corrected chi connectivity index (χ4v) is 1.75. The van der Waals surface area contributed by atoms with Gasteiger partial charge in [-0.3, -0.25) is 15.6 Å². The Balaban J connectivity index is 2.49. The number of nitrogens with two attached hydrogens (primary N) is 1. The third-order valence-corrected chi connectivity index (χ3v) is 2.85. The van der Waals surface area contributed by atoms with E-state index in [1.54, 1.807) is 13.8 Å². The minimum absolute atomic E-state index is 0.113. The van der Waals surface area contributed by atoms with E-state index < -0.39 is 18.0 Å². The summed E-state index contributed by atoms with van der Waals surface area (Å²) in [5.74, 6) is -1.01. The van der Waals surface area contributed by atoms with E-state index in [0.29, 0.717) is 5.69 Å². The normalized spacial score (nSPS) is 11.5. The van der Waals surface area contributed by atoms with Gasteiger partial charge in [-0.25, -0.2) is 9.18 Å². The number of anilines is 1. The molecule has 0 bridgehead atoms. The van der Waals surface area contributed by atoms with Crippen molar-refractivity contribution >= 4 is 35.0 Å². The number of rotatable bonds is 4. The summed E-state index contributed by atoms with van der Waals surface area (Å²) in [4.78, 5) is 22.8. The first-order valence-corrected chi connectivity index (χ1v) is 6.89. The van der Waals surface area contributed by atoms with Gasteiger partial charge in [0, 0.05) is 5.69 Å². The fourth-order valence-electron chi connectivity index (χ4n) is 1.58. The van der Waals surface area contributed by atoms with Crippen molar-refractivity contribution in [1.82, 2.24) is 16.2 Å². The van der Waals surface area contributed by atoms with Crippen molar-refractivity contribution in [2.24, 2.45) is 11.7 Å². The fraction of sp³-hybridized carbons (Fsp3) is 0.308. The second-order valence-corrected chi connectivity index (χ2v) is 5.21. The molecule has 1 atom stereocenters. The van der Waals surface area contributed by atoms with Gasteiger partial charge in [-0.05, 0) is 42.4 Å². The van der Waals surface area contributed by atoms with Crippen LogP contribution in [0.15, 0.2) is 24.3 Å². The zero-order valence-electron chi connectivity index (χ0n) is 12.1. The molecule has 0 spiro atoms. The topological polar surface area (TPSA) is 108 Å². The van der Waals surface area contributed by atoms with Gasteiger partial charge in [0.05, 0.1) is 0 Å². The van der Waals surface area contributed by atoms with Crippen LogP contribution in [-0.2, 0) is 4.79 Å². The largest absolute Gasteiger partial charge is 0.352 e. The molecule has 0 fully saturated rings. The molecular weight excluding hydrogens is 309 g/mol. The molecule has 3 amide bonds. The van der Waals surface area contributed by atoms with Crippen LogP contribution in [0.4, 0.5) is 14.9 Å². The van der Waals surface area contributed by atoms with Gasteiger partial charge < -0.3 is 16.4 Å². The molecule has 1 rings (SSSR count). The number of hydrazine groups is 1. The Labute approximate surface area is 132 Å². The van der Waals surface area contributed by atoms with Gasteiger partial charge in [-0.2, -0.15) is 0 Å². The van der Waals surface area contributed by atoms with Gasteiger partial charge in [0.1, 0.15) is 11.9 Å². The summed E-state index contributed by atoms with van der Waals surface area (Å²) in [5, 5.41) is 5.21. The number of nitrogens with one attached hydrogen (secondary N) is 4. The van der Waals surface area contributed by atoms with Crippen LogP contribution in [0.5, 0.6) is 0 Å². The van der Waals surface area contributed by atoms with Crippen LogP contribution in [-0.4, -0.2) is 23.1 Å². The molecule has 1 unspecified atom stereocenters. The van der Waals surface area contributed by atoms with E-state index in [9.17, 15) is 14.0 Å². The van der Waals surface area contributed by atoms with Crippen LogP contribution in [0.25, 0.3) is 0 Å². The second kappa shape index (κ2) is 8.13. The lowest BCUT2D eigenvalue weighted by molar-refractivity contribution is -0.124. The third-order valence-electron chi connectivity index (χ3n) is 2.65. The van der Waals surface area contributed by atoms with E-state index in [1.807, 2.05) is 0 Å². The van der Waals surface area contributed by atoms with Crippen molar-refractivity contribution < 1.29 is 14.0 Å². The number of benzene rings is 1. The zero-order chi connectivity index (χ0) is 16.7. The number of primary amides is 1. The maximum absolute atomic E-state index is 12.8. The highest BCUT2D eigenvalue weighted by Gasteiger charge is 2.23. The van der Waals surface area contributed by atoms with Gasteiger partial charge >= 0.3 is 6.03 Å². The van der Waals surface area contributed by atoms with E-state index in [2.05, 4.69) is 21.5 Å². The first kappa shape index (κ1) is 17.6. The number of hydrogen-bond acceptors (Lipinski definition) is 3. The highest BCUT2D eigenvalue weighted by molar-refractivity contribution is 7.80. The molecule has 120 valence electrons. The van der Waals surface area contributed by atoms with Gasteiger partial charge in [0.2, 0.25) is 0 Å². The average molecular weight is 327 g/mol. The molecule has 0 saturated heterocycles. The Morgan fingerprint density at radius 1 is 1.18 bits per heavy atom. The van der Waals surface area contributed by atoms with E-state index in [-0.39, 0.29) is 16.8 Å². The lowest BCUT2D eigenvalue weighted by Crippen LogP contribution is -2.55. The summed E-state index contributed by atoms with van der Waals surface area (Å²) in [6.07, 6.45) is 0. The van der Waals surface area contributed by atoms with Crippen molar-refractivity contribution in [3.8, 4) is 0 Å². The van der Waals surface area contributed by atoms with E-state index in [0.717, 1.165) is 0 Å². The van der Waals surface area contributed by atoms with Gasteiger partial charge in [0.25, 0.3) is 5.91 Å². The molecule has 0 aliphatic heterocycles. The first-order chi connectivity index (χ1) is 10.3. The first-order valence-electron chi connectivity index (χ1n) is 6.48. The summed E-state index contributed by atoms with van der Waals surface area (Å²) in [7, 11) is 0. The Hall–Kier alpha value is -2.42. The van der Waals surface area contributed by atoms with Crippen molar-refractivity contribution in [2.45, 2.75) is 19.9 Å². The number of carbonyl (C=O) groups is 2. The van der Waals surface area contributed by atoms with Crippen LogP contribution in [0.3, 0.4) is 0 Å². The summed E-state index contributed by atoms with van der Waals surface area (Å²) in [6.45, 7) is 3.52. The maximum atomic E-state index is 12.8. The molecule has 0 aliphatic rings. The van der Waals surface area contributed by atoms with Gasteiger partial charge in [-0.15, -0.1) is 0 Å². The van der Waals surface area contributed by atoms with Crippen LogP contribution in [0, 0.1) is 11.7 Å². The summed E-state index contributed by atoms with van der Waals surface area (Å²) in [5.41, 5.74) is 10.4. The number of halogens is 1. The van der Waals surface area contributed by atoms with Gasteiger partial charge in [0.15, 0.2) is 5.11 Å². The minimum Gasteiger partial charge on any atom is -0.352 e. The smallest absolute Gasteiger partial charge is 0.312 e. The number of carbonyl (C=O) groups excluding carboxylic acids is 2. The predicted molar refractivity (Wildman–Crippen MR) is 85.2 cm³/mol. The highest BCUT2D eigenvalue weighted by Crippen LogP contribution is 2.07. The Kier molecular flexibility index (Phi) is 6.51. The molecule has 1 aromatic carbocycles. The van der Waals surface area contributed by atoms with E-state index >= 15 is 0 Å². The van der Waals surface area contributed by atoms with E-state index in [4.69, 9.17) is 18.0 Å². The monoisotopic (exact) mass is 327 g/mol. The number of urea groups is 1. The standard InChI is InChI=1S/C13H18FN5O2S/c1-7(2)10(17-12(15)21)11(20)18-19-13(22)16-9-5-3-8(14)4-6-9/h3-7,10H,1-2H3,(H,18,20)(H3,15,17,21)(H2,16,19,22). The molecule has 0 saturated carbocycles. The minimum atomic E-state index is -0.793. The molecular formula is C13H18FN5O2S. The van der Waals surface area contributed by atoms with Crippen molar-refractivity contribution in [3.63, 3.8) is 0 Å². The molecule has 6 N–H and O–H groups in total. The second-order valence-electron chi connectivity index (χ2n) is 4.81. The molecule has 0 aromatic heterocycles. The molecule has 22 heavy (non-hydrogen) atoms. The van der Waals surface area contributed by atoms with Crippen LogP contribution in [0.1, 0.15) is 13.8 Å². The third kappa shape index (κ3) is 5.92. The van der Waals surface area contributed by atoms with Crippen molar-refractivity contribution in [1.29, 1.82) is 0 Å². The SMILES string of the molecule is CC(C)C(NC(N)=O)C(=O)NNC(=S)Nc1ccc(F)cc1.